The van der Waals surface area contributed by atoms with Crippen LogP contribution in [0.15, 0.2) is 49.3 Å². The molecule has 0 saturated heterocycles. The highest BCUT2D eigenvalue weighted by Crippen LogP contribution is 2.30. The average Bonchev–Trinajstić information content (AvgIpc) is 2.51. The van der Waals surface area contributed by atoms with E-state index in [4.69, 9.17) is 14.9 Å². The van der Waals surface area contributed by atoms with Crippen molar-refractivity contribution in [1.82, 2.24) is 0 Å². The first-order valence-electron chi connectivity index (χ1n) is 6.14. The Balaban J connectivity index is 2.91. The number of hydrogen-bond donors (Lipinski definition) is 2. The number of nitrogens with one attached hydrogen (secondary N) is 1. The molecule has 0 spiro atoms. The van der Waals surface area contributed by atoms with E-state index in [9.17, 15) is 5.11 Å². The lowest BCUT2D eigenvalue weighted by molar-refractivity contribution is 0.268. The Morgan fingerprint density at radius 3 is 2.76 bits per heavy atom. The maximum atomic E-state index is 9.96. The summed E-state index contributed by atoms with van der Waals surface area (Å²) >= 11 is 0. The Labute approximate surface area is 124 Å². The van der Waals surface area contributed by atoms with E-state index in [2.05, 4.69) is 25.0 Å². The van der Waals surface area contributed by atoms with E-state index in [1.54, 1.807) is 30.4 Å². The molecule has 4 nitrogen and oxygen atoms in total. The second-order valence-electron chi connectivity index (χ2n) is 3.86. The van der Waals surface area contributed by atoms with Gasteiger partial charge in [-0.1, -0.05) is 31.1 Å². The van der Waals surface area contributed by atoms with Crippen LogP contribution < -0.4 is 4.74 Å². The topological polar surface area (TPSA) is 62.5 Å². The molecule has 0 aliphatic carbocycles. The van der Waals surface area contributed by atoms with Gasteiger partial charge in [0.05, 0.1) is 12.7 Å². The summed E-state index contributed by atoms with van der Waals surface area (Å²) in [5, 5.41) is 17.2. The molecule has 2 N–H and O–H groups in total. The standard InChI is InChI=1S/C17H17NO3/c1-4-7-15(5-2)21-9-6-8-14-10-13(12-18)11-16(20-3)17(14)19/h4-5,7,10-12,18-19H,1-2,9H2,3H3/b15-7+,18-12?. The molecular weight excluding hydrogens is 266 g/mol. The number of ether oxygens (including phenoxy) is 2. The van der Waals surface area contributed by atoms with E-state index in [0.29, 0.717) is 16.9 Å². The van der Waals surface area contributed by atoms with Gasteiger partial charge in [0.2, 0.25) is 0 Å². The fourth-order valence-corrected chi connectivity index (χ4v) is 1.51. The molecule has 0 atom stereocenters. The first-order valence-corrected chi connectivity index (χ1v) is 6.14. The summed E-state index contributed by atoms with van der Waals surface area (Å²) in [5.41, 5.74) is 0.970. The van der Waals surface area contributed by atoms with Crippen LogP contribution in [-0.4, -0.2) is 25.0 Å². The van der Waals surface area contributed by atoms with E-state index in [-0.39, 0.29) is 18.1 Å². The first-order chi connectivity index (χ1) is 10.2. The second-order valence-corrected chi connectivity index (χ2v) is 3.86. The molecule has 0 amide bonds. The lowest BCUT2D eigenvalue weighted by Crippen LogP contribution is -1.92. The van der Waals surface area contributed by atoms with Crippen LogP contribution in [0.4, 0.5) is 0 Å². The van der Waals surface area contributed by atoms with E-state index in [1.165, 1.54) is 7.11 Å². The van der Waals surface area contributed by atoms with Crippen molar-refractivity contribution in [3.63, 3.8) is 0 Å². The van der Waals surface area contributed by atoms with Gasteiger partial charge in [0.15, 0.2) is 11.5 Å². The van der Waals surface area contributed by atoms with Crippen molar-refractivity contribution in [2.24, 2.45) is 0 Å². The van der Waals surface area contributed by atoms with Crippen LogP contribution in [0.1, 0.15) is 11.1 Å². The summed E-state index contributed by atoms with van der Waals surface area (Å²) in [4.78, 5) is 0. The Morgan fingerprint density at radius 2 is 2.19 bits per heavy atom. The van der Waals surface area contributed by atoms with E-state index < -0.39 is 0 Å². The molecule has 0 fully saturated rings. The van der Waals surface area contributed by atoms with Crippen molar-refractivity contribution in [1.29, 1.82) is 5.41 Å². The minimum Gasteiger partial charge on any atom is -0.503 e. The van der Waals surface area contributed by atoms with Gasteiger partial charge in [0.25, 0.3) is 0 Å². The summed E-state index contributed by atoms with van der Waals surface area (Å²) in [6, 6.07) is 3.17. The fraction of sp³-hybridized carbons (Fsp3) is 0.118. The van der Waals surface area contributed by atoms with Crippen LogP contribution in [0.3, 0.4) is 0 Å². The van der Waals surface area contributed by atoms with Crippen LogP contribution >= 0.6 is 0 Å². The predicted octanol–water partition coefficient (Wildman–Crippen LogP) is 3.02. The van der Waals surface area contributed by atoms with Gasteiger partial charge in [-0.3, -0.25) is 0 Å². The number of benzene rings is 1. The maximum Gasteiger partial charge on any atom is 0.173 e. The zero-order valence-corrected chi connectivity index (χ0v) is 11.8. The zero-order valence-electron chi connectivity index (χ0n) is 11.8. The third kappa shape index (κ3) is 4.59. The molecule has 0 heterocycles. The number of aromatic hydroxyl groups is 1. The van der Waals surface area contributed by atoms with E-state index >= 15 is 0 Å². The summed E-state index contributed by atoms with van der Waals surface area (Å²) in [6.07, 6.45) is 5.98. The third-order valence-electron chi connectivity index (χ3n) is 2.50. The van der Waals surface area contributed by atoms with Crippen molar-refractivity contribution in [3.8, 4) is 23.3 Å². The SMILES string of the molecule is C=C/C=C(\C=C)OCC#Cc1cc(C=N)cc(OC)c1O. The van der Waals surface area contributed by atoms with Crippen molar-refractivity contribution in [2.45, 2.75) is 0 Å². The molecule has 108 valence electrons. The van der Waals surface area contributed by atoms with Crippen molar-refractivity contribution >= 4 is 6.21 Å². The van der Waals surface area contributed by atoms with Gasteiger partial charge in [-0.15, -0.1) is 0 Å². The molecule has 0 unspecified atom stereocenters. The summed E-state index contributed by atoms with van der Waals surface area (Å²) in [6.45, 7) is 7.31. The molecule has 0 aromatic heterocycles. The predicted molar refractivity (Wildman–Crippen MR) is 83.9 cm³/mol. The largest absolute Gasteiger partial charge is 0.503 e. The van der Waals surface area contributed by atoms with Crippen molar-refractivity contribution < 1.29 is 14.6 Å². The Hall–Kier alpha value is -2.93. The highest BCUT2D eigenvalue weighted by Gasteiger charge is 2.07. The Bertz CT molecular complexity index is 633. The van der Waals surface area contributed by atoms with Crippen LogP contribution in [0.2, 0.25) is 0 Å². The number of phenols is 1. The monoisotopic (exact) mass is 283 g/mol. The lowest BCUT2D eigenvalue weighted by Gasteiger charge is -2.06. The molecule has 0 saturated carbocycles. The van der Waals surface area contributed by atoms with E-state index in [1.807, 2.05) is 0 Å². The van der Waals surface area contributed by atoms with E-state index in [0.717, 1.165) is 6.21 Å². The fourth-order valence-electron chi connectivity index (χ4n) is 1.51. The van der Waals surface area contributed by atoms with Gasteiger partial charge in [0, 0.05) is 6.21 Å². The van der Waals surface area contributed by atoms with Gasteiger partial charge in [-0.05, 0) is 29.8 Å². The first kappa shape index (κ1) is 16.1. The number of hydrogen-bond acceptors (Lipinski definition) is 4. The van der Waals surface area contributed by atoms with Gasteiger partial charge in [-0.25, -0.2) is 0 Å². The Kier molecular flexibility index (Phi) is 6.36. The third-order valence-corrected chi connectivity index (χ3v) is 2.50. The number of rotatable bonds is 6. The quantitative estimate of drug-likeness (QED) is 0.365. The molecule has 1 rings (SSSR count). The maximum absolute atomic E-state index is 9.96. The highest BCUT2D eigenvalue weighted by molar-refractivity contribution is 5.80. The molecule has 0 aliphatic heterocycles. The van der Waals surface area contributed by atoms with Crippen LogP contribution in [0, 0.1) is 17.3 Å². The molecule has 1 aromatic rings. The smallest absolute Gasteiger partial charge is 0.173 e. The van der Waals surface area contributed by atoms with Gasteiger partial charge in [-0.2, -0.15) is 0 Å². The average molecular weight is 283 g/mol. The van der Waals surface area contributed by atoms with Gasteiger partial charge >= 0.3 is 0 Å². The zero-order chi connectivity index (χ0) is 15.7. The molecule has 0 bridgehead atoms. The van der Waals surface area contributed by atoms with Crippen molar-refractivity contribution in [3.05, 3.63) is 60.4 Å². The summed E-state index contributed by atoms with van der Waals surface area (Å²) in [7, 11) is 1.44. The molecule has 21 heavy (non-hydrogen) atoms. The van der Waals surface area contributed by atoms with Gasteiger partial charge in [0.1, 0.15) is 12.4 Å². The summed E-state index contributed by atoms with van der Waals surface area (Å²) in [5.74, 6) is 6.36. The number of methoxy groups -OCH3 is 1. The molecule has 0 aliphatic rings. The molecule has 0 radical (unpaired) electrons. The minimum atomic E-state index is -0.0545. The molecular formula is C17H17NO3. The molecule has 4 heteroatoms. The van der Waals surface area contributed by atoms with Crippen LogP contribution in [-0.2, 0) is 4.74 Å². The minimum absolute atomic E-state index is 0.0545. The second kappa shape index (κ2) is 8.28. The summed E-state index contributed by atoms with van der Waals surface area (Å²) < 4.78 is 10.4. The van der Waals surface area contributed by atoms with Crippen molar-refractivity contribution in [2.75, 3.05) is 13.7 Å². The van der Waals surface area contributed by atoms with Gasteiger partial charge < -0.3 is 20.0 Å². The van der Waals surface area contributed by atoms with Crippen LogP contribution in [0.25, 0.3) is 0 Å². The Morgan fingerprint density at radius 1 is 1.43 bits per heavy atom. The normalized spacial score (nSPS) is 10.0. The lowest BCUT2D eigenvalue weighted by atomic mass is 10.1. The number of phenolic OH excluding ortho intramolecular Hbond substituents is 1. The number of allylic oxidation sites excluding steroid dienone is 3. The van der Waals surface area contributed by atoms with Crippen LogP contribution in [0.5, 0.6) is 11.5 Å². The highest BCUT2D eigenvalue weighted by atomic mass is 16.5. The molecule has 1 aromatic carbocycles.